The Morgan fingerprint density at radius 2 is 2.30 bits per heavy atom. The fraction of sp³-hybridized carbons (Fsp3) is 0.167. The van der Waals surface area contributed by atoms with E-state index in [2.05, 4.69) is 4.99 Å². The lowest BCUT2D eigenvalue weighted by molar-refractivity contribution is -0.384. The number of aliphatic imine (C=N–C) groups is 1. The maximum absolute atomic E-state index is 11.5. The number of nitro benzene ring substituents is 1. The molecule has 0 aliphatic carbocycles. The molecule has 0 aliphatic rings. The molecule has 0 fully saturated rings. The van der Waals surface area contributed by atoms with E-state index in [1.165, 1.54) is 29.0 Å². The van der Waals surface area contributed by atoms with Crippen LogP contribution in [0.2, 0.25) is 0 Å². The van der Waals surface area contributed by atoms with Crippen LogP contribution in [0.4, 0.5) is 11.4 Å². The maximum atomic E-state index is 11.5. The number of rotatable bonds is 4. The van der Waals surface area contributed by atoms with Crippen LogP contribution in [-0.4, -0.2) is 20.8 Å². The molecule has 0 unspecified atom stereocenters. The summed E-state index contributed by atoms with van der Waals surface area (Å²) in [6.45, 7) is 2.11. The van der Waals surface area contributed by atoms with E-state index in [0.29, 0.717) is 17.1 Å². The molecule has 1 N–H and O–H groups in total. The number of hydrogen-bond donors (Lipinski definition) is 1. The smallest absolute Gasteiger partial charge is 0.310 e. The minimum atomic E-state index is -0.511. The first kappa shape index (κ1) is 13.9. The molecule has 1 heterocycles. The van der Waals surface area contributed by atoms with Crippen LogP contribution < -0.4 is 4.87 Å². The van der Waals surface area contributed by atoms with Crippen molar-refractivity contribution < 1.29 is 10.0 Å². The molecule has 7 nitrogen and oxygen atoms in total. The van der Waals surface area contributed by atoms with Gasteiger partial charge in [0.1, 0.15) is 4.88 Å². The van der Waals surface area contributed by atoms with Gasteiger partial charge in [-0.05, 0) is 13.0 Å². The molecule has 0 radical (unpaired) electrons. The molecule has 104 valence electrons. The third-order valence-electron chi connectivity index (χ3n) is 2.58. The van der Waals surface area contributed by atoms with Crippen molar-refractivity contribution >= 4 is 28.9 Å². The third-order valence-corrected chi connectivity index (χ3v) is 3.48. The standard InChI is InChI=1S/C12H11N3O4S/c1-2-14-11(16)10(20-12(14)17)7-13-8-4-3-5-9(6-8)15(18)19/h3-7,16H,2H2,1H3. The SMILES string of the molecule is CCn1c(O)c(C=Nc2cccc([N+](=O)[O-])c2)sc1=O. The van der Waals surface area contributed by atoms with Gasteiger partial charge in [0.2, 0.25) is 5.88 Å². The van der Waals surface area contributed by atoms with E-state index in [1.54, 1.807) is 13.0 Å². The van der Waals surface area contributed by atoms with E-state index in [4.69, 9.17) is 0 Å². The van der Waals surface area contributed by atoms with Crippen LogP contribution in [-0.2, 0) is 6.54 Å². The predicted molar refractivity (Wildman–Crippen MR) is 76.3 cm³/mol. The fourth-order valence-corrected chi connectivity index (χ4v) is 2.42. The highest BCUT2D eigenvalue weighted by atomic mass is 32.1. The quantitative estimate of drug-likeness (QED) is 0.531. The second-order valence-electron chi connectivity index (χ2n) is 3.84. The molecule has 2 aromatic rings. The summed E-state index contributed by atoms with van der Waals surface area (Å²) in [5, 5.41) is 20.4. The van der Waals surface area contributed by atoms with Gasteiger partial charge in [-0.2, -0.15) is 0 Å². The van der Waals surface area contributed by atoms with E-state index >= 15 is 0 Å². The first-order chi connectivity index (χ1) is 9.52. The lowest BCUT2D eigenvalue weighted by atomic mass is 10.3. The molecular formula is C12H11N3O4S. The zero-order valence-corrected chi connectivity index (χ0v) is 11.3. The van der Waals surface area contributed by atoms with Crippen molar-refractivity contribution in [2.45, 2.75) is 13.5 Å². The number of thiazole rings is 1. The van der Waals surface area contributed by atoms with Gasteiger partial charge in [0.25, 0.3) is 5.69 Å². The van der Waals surface area contributed by atoms with Gasteiger partial charge in [-0.15, -0.1) is 0 Å². The number of nitrogens with zero attached hydrogens (tertiary/aromatic N) is 3. The Balaban J connectivity index is 2.32. The maximum Gasteiger partial charge on any atom is 0.310 e. The number of nitro groups is 1. The molecule has 20 heavy (non-hydrogen) atoms. The number of hydrogen-bond acceptors (Lipinski definition) is 6. The van der Waals surface area contributed by atoms with E-state index in [9.17, 15) is 20.0 Å². The van der Waals surface area contributed by atoms with Crippen molar-refractivity contribution in [3.8, 4) is 5.88 Å². The topological polar surface area (TPSA) is 97.7 Å². The monoisotopic (exact) mass is 293 g/mol. The molecule has 0 spiro atoms. The van der Waals surface area contributed by atoms with Gasteiger partial charge in [-0.25, -0.2) is 0 Å². The van der Waals surface area contributed by atoms with Crippen molar-refractivity contribution in [3.05, 3.63) is 48.9 Å². The number of benzene rings is 1. The minimum Gasteiger partial charge on any atom is -0.493 e. The van der Waals surface area contributed by atoms with Crippen molar-refractivity contribution in [3.63, 3.8) is 0 Å². The zero-order valence-electron chi connectivity index (χ0n) is 10.5. The highest BCUT2D eigenvalue weighted by Crippen LogP contribution is 2.22. The third kappa shape index (κ3) is 2.75. The van der Waals surface area contributed by atoms with Gasteiger partial charge in [0, 0.05) is 18.7 Å². The summed E-state index contributed by atoms with van der Waals surface area (Å²) in [4.78, 5) is 25.7. The molecule has 1 aromatic carbocycles. The molecular weight excluding hydrogens is 282 g/mol. The van der Waals surface area contributed by atoms with Crippen LogP contribution in [0.15, 0.2) is 34.1 Å². The highest BCUT2D eigenvalue weighted by molar-refractivity contribution is 7.11. The Morgan fingerprint density at radius 1 is 1.55 bits per heavy atom. The second-order valence-corrected chi connectivity index (χ2v) is 4.83. The van der Waals surface area contributed by atoms with E-state index < -0.39 is 4.92 Å². The summed E-state index contributed by atoms with van der Waals surface area (Å²) >= 11 is 0.870. The zero-order chi connectivity index (χ0) is 14.7. The van der Waals surface area contributed by atoms with Gasteiger partial charge >= 0.3 is 4.87 Å². The first-order valence-electron chi connectivity index (χ1n) is 5.74. The Hall–Kier alpha value is -2.48. The molecule has 0 amide bonds. The summed E-state index contributed by atoms with van der Waals surface area (Å²) in [5.74, 6) is -0.142. The van der Waals surface area contributed by atoms with Crippen LogP contribution in [0.3, 0.4) is 0 Å². The number of aromatic hydroxyl groups is 1. The van der Waals surface area contributed by atoms with E-state index in [0.717, 1.165) is 11.3 Å². The summed E-state index contributed by atoms with van der Waals surface area (Å²) < 4.78 is 1.22. The largest absolute Gasteiger partial charge is 0.493 e. The molecule has 0 atom stereocenters. The van der Waals surface area contributed by atoms with Gasteiger partial charge in [-0.1, -0.05) is 17.4 Å². The normalized spacial score (nSPS) is 11.1. The van der Waals surface area contributed by atoms with Crippen LogP contribution in [0, 0.1) is 10.1 Å². The highest BCUT2D eigenvalue weighted by Gasteiger charge is 2.10. The molecule has 0 saturated carbocycles. The second kappa shape index (κ2) is 5.66. The Bertz CT molecular complexity index is 733. The Morgan fingerprint density at radius 3 is 2.90 bits per heavy atom. The molecule has 2 rings (SSSR count). The molecule has 8 heteroatoms. The van der Waals surface area contributed by atoms with Gasteiger partial charge in [-0.3, -0.25) is 24.5 Å². The number of non-ortho nitro benzene ring substituents is 1. The predicted octanol–water partition coefficient (Wildman–Crippen LogP) is 2.29. The summed E-state index contributed by atoms with van der Waals surface area (Å²) in [6, 6.07) is 5.79. The average molecular weight is 293 g/mol. The summed E-state index contributed by atoms with van der Waals surface area (Å²) in [5.41, 5.74) is 0.311. The van der Waals surface area contributed by atoms with Crippen molar-refractivity contribution in [2.24, 2.45) is 4.99 Å². The summed E-state index contributed by atoms with van der Waals surface area (Å²) in [7, 11) is 0. The molecule has 1 aromatic heterocycles. The van der Waals surface area contributed by atoms with Crippen molar-refractivity contribution in [2.75, 3.05) is 0 Å². The fourth-order valence-electron chi connectivity index (χ4n) is 1.60. The van der Waals surface area contributed by atoms with E-state index in [-0.39, 0.29) is 16.4 Å². The number of aromatic nitrogens is 1. The van der Waals surface area contributed by atoms with Gasteiger partial charge in [0.05, 0.1) is 16.8 Å². The molecule has 0 saturated heterocycles. The van der Waals surface area contributed by atoms with Crippen molar-refractivity contribution in [1.82, 2.24) is 4.57 Å². The van der Waals surface area contributed by atoms with Crippen LogP contribution in [0.5, 0.6) is 5.88 Å². The Labute approximate surface area is 117 Å². The molecule has 0 bridgehead atoms. The Kier molecular flexibility index (Phi) is 3.94. The van der Waals surface area contributed by atoms with Gasteiger partial charge < -0.3 is 5.11 Å². The lowest BCUT2D eigenvalue weighted by Gasteiger charge is -1.97. The van der Waals surface area contributed by atoms with Crippen LogP contribution in [0.1, 0.15) is 11.8 Å². The first-order valence-corrected chi connectivity index (χ1v) is 6.55. The van der Waals surface area contributed by atoms with Crippen molar-refractivity contribution in [1.29, 1.82) is 0 Å². The lowest BCUT2D eigenvalue weighted by Crippen LogP contribution is -2.09. The summed E-state index contributed by atoms with van der Waals surface area (Å²) in [6.07, 6.45) is 1.33. The van der Waals surface area contributed by atoms with Crippen LogP contribution in [0.25, 0.3) is 0 Å². The molecule has 0 aliphatic heterocycles. The van der Waals surface area contributed by atoms with Crippen LogP contribution >= 0.6 is 11.3 Å². The van der Waals surface area contributed by atoms with E-state index in [1.807, 2.05) is 0 Å². The van der Waals surface area contributed by atoms with Gasteiger partial charge in [0.15, 0.2) is 0 Å². The minimum absolute atomic E-state index is 0.0665. The average Bonchev–Trinajstić information content (AvgIpc) is 2.71.